The highest BCUT2D eigenvalue weighted by molar-refractivity contribution is 7.96. The van der Waals surface area contributed by atoms with Gasteiger partial charge in [0.25, 0.3) is 10.0 Å². The summed E-state index contributed by atoms with van der Waals surface area (Å²) in [7, 11) is 0.120. The largest absolute Gasteiger partial charge is 0.493 e. The monoisotopic (exact) mass is 531 g/mol. The van der Waals surface area contributed by atoms with Crippen LogP contribution in [0, 0.1) is 11.3 Å². The standard InChI is InChI=1S/C28H25N3O6S/c1-34-22-14-13-19(24(35-2)26(22)36-3)23-20(15-29)28(30)37-25-18-11-7-8-12-21(18)31(38(32,33)27(23)25)16-17-9-5-4-6-10-17/h4-14,23H,16,30H2,1-3H3/t23-/m0/s1. The molecule has 2 aliphatic heterocycles. The van der Waals surface area contributed by atoms with E-state index >= 15 is 0 Å². The first kappa shape index (κ1) is 25.0. The third kappa shape index (κ3) is 3.79. The molecule has 10 heteroatoms. The van der Waals surface area contributed by atoms with Gasteiger partial charge in [0, 0.05) is 11.1 Å². The molecule has 0 saturated heterocycles. The van der Waals surface area contributed by atoms with E-state index in [4.69, 9.17) is 24.7 Å². The van der Waals surface area contributed by atoms with Crippen LogP contribution >= 0.6 is 0 Å². The molecule has 0 radical (unpaired) electrons. The van der Waals surface area contributed by atoms with Gasteiger partial charge in [0.2, 0.25) is 11.6 Å². The van der Waals surface area contributed by atoms with Crippen LogP contribution in [0.2, 0.25) is 0 Å². The first-order valence-corrected chi connectivity index (χ1v) is 13.1. The fraction of sp³-hybridized carbons (Fsp3) is 0.179. The number of nitrogens with zero attached hydrogens (tertiary/aromatic N) is 2. The van der Waals surface area contributed by atoms with Gasteiger partial charge in [-0.3, -0.25) is 4.31 Å². The van der Waals surface area contributed by atoms with Crippen molar-refractivity contribution in [1.82, 2.24) is 0 Å². The lowest BCUT2D eigenvalue weighted by atomic mass is 9.87. The predicted octanol–water partition coefficient (Wildman–Crippen LogP) is 4.24. The summed E-state index contributed by atoms with van der Waals surface area (Å²) in [5, 5.41) is 10.1. The van der Waals surface area contributed by atoms with E-state index in [1.807, 2.05) is 30.3 Å². The predicted molar refractivity (Wildman–Crippen MR) is 142 cm³/mol. The number of anilines is 1. The average molecular weight is 532 g/mol. The lowest BCUT2D eigenvalue weighted by Crippen LogP contribution is -2.39. The smallest absolute Gasteiger partial charge is 0.265 e. The highest BCUT2D eigenvalue weighted by Gasteiger charge is 2.48. The molecule has 3 aromatic rings. The average Bonchev–Trinajstić information content (AvgIpc) is 2.94. The molecule has 9 nitrogen and oxygen atoms in total. The third-order valence-electron chi connectivity index (χ3n) is 6.57. The molecule has 0 aromatic heterocycles. The number of hydrogen-bond acceptors (Lipinski definition) is 8. The lowest BCUT2D eigenvalue weighted by molar-refractivity contribution is 0.320. The molecule has 0 unspecified atom stereocenters. The van der Waals surface area contributed by atoms with Crippen molar-refractivity contribution in [2.45, 2.75) is 12.5 Å². The molecule has 0 amide bonds. The molecule has 2 heterocycles. The number of hydrogen-bond donors (Lipinski definition) is 1. The maximum atomic E-state index is 14.5. The van der Waals surface area contributed by atoms with Gasteiger partial charge in [-0.2, -0.15) is 5.26 Å². The fourth-order valence-corrected chi connectivity index (χ4v) is 6.80. The fourth-order valence-electron chi connectivity index (χ4n) is 4.89. The van der Waals surface area contributed by atoms with Gasteiger partial charge in [0.05, 0.1) is 39.5 Å². The van der Waals surface area contributed by atoms with Gasteiger partial charge in [-0.05, 0) is 23.8 Å². The lowest BCUT2D eigenvalue weighted by Gasteiger charge is -2.38. The normalized spacial score (nSPS) is 17.6. The van der Waals surface area contributed by atoms with Crippen LogP contribution in [0.25, 0.3) is 5.76 Å². The Morgan fingerprint density at radius 3 is 2.29 bits per heavy atom. The maximum absolute atomic E-state index is 14.5. The number of allylic oxidation sites excluding steroid dienone is 2. The van der Waals surface area contributed by atoms with E-state index < -0.39 is 15.9 Å². The quantitative estimate of drug-likeness (QED) is 0.501. The summed E-state index contributed by atoms with van der Waals surface area (Å²) in [4.78, 5) is -0.108. The van der Waals surface area contributed by atoms with Crippen molar-refractivity contribution in [2.24, 2.45) is 5.73 Å². The van der Waals surface area contributed by atoms with Gasteiger partial charge in [0.15, 0.2) is 17.3 Å². The van der Waals surface area contributed by atoms with Gasteiger partial charge in [0.1, 0.15) is 16.5 Å². The minimum atomic E-state index is -4.24. The van der Waals surface area contributed by atoms with E-state index in [0.717, 1.165) is 5.56 Å². The first-order valence-electron chi connectivity index (χ1n) is 11.6. The number of fused-ring (bicyclic) bond motifs is 2. The van der Waals surface area contributed by atoms with E-state index in [2.05, 4.69) is 6.07 Å². The third-order valence-corrected chi connectivity index (χ3v) is 8.46. The van der Waals surface area contributed by atoms with E-state index in [1.165, 1.54) is 25.6 Å². The van der Waals surface area contributed by atoms with Crippen LogP contribution in [0.3, 0.4) is 0 Å². The summed E-state index contributed by atoms with van der Waals surface area (Å²) in [6.07, 6.45) is 0. The molecule has 3 aromatic carbocycles. The molecule has 0 spiro atoms. The minimum Gasteiger partial charge on any atom is -0.493 e. The Kier molecular flexibility index (Phi) is 6.38. The summed E-state index contributed by atoms with van der Waals surface area (Å²) in [5.74, 6) is -0.387. The number of rotatable bonds is 6. The number of ether oxygens (including phenoxy) is 4. The Morgan fingerprint density at radius 1 is 0.947 bits per heavy atom. The van der Waals surface area contributed by atoms with Gasteiger partial charge in [-0.1, -0.05) is 48.5 Å². The summed E-state index contributed by atoms with van der Waals surface area (Å²) in [5.41, 5.74) is 8.33. The van der Waals surface area contributed by atoms with Gasteiger partial charge < -0.3 is 24.7 Å². The van der Waals surface area contributed by atoms with E-state index in [9.17, 15) is 13.7 Å². The molecular formula is C28H25N3O6S. The van der Waals surface area contributed by atoms with Crippen LogP contribution < -0.4 is 24.2 Å². The Balaban J connectivity index is 1.81. The second-order valence-electron chi connectivity index (χ2n) is 8.56. The zero-order valence-electron chi connectivity index (χ0n) is 21.0. The number of nitrogens with two attached hydrogens (primary N) is 1. The zero-order chi connectivity index (χ0) is 27.0. The SMILES string of the molecule is COc1ccc([C@H]2C(C#N)=C(N)OC3=C2S(=O)(=O)N(Cc2ccccc2)c2ccccc23)c(OC)c1OC. The summed E-state index contributed by atoms with van der Waals surface area (Å²) in [6.45, 7) is 0.0772. The Bertz CT molecular complexity index is 1620. The molecule has 38 heavy (non-hydrogen) atoms. The van der Waals surface area contributed by atoms with Crippen molar-refractivity contribution in [1.29, 1.82) is 5.26 Å². The molecular weight excluding hydrogens is 506 g/mol. The molecule has 0 saturated carbocycles. The Hall–Kier alpha value is -4.62. The molecule has 0 fully saturated rings. The van der Waals surface area contributed by atoms with Crippen molar-refractivity contribution in [3.05, 3.63) is 99.8 Å². The number of para-hydroxylation sites is 1. The van der Waals surface area contributed by atoms with Crippen LogP contribution in [0.1, 0.15) is 22.6 Å². The van der Waals surface area contributed by atoms with Crippen molar-refractivity contribution in [3.8, 4) is 23.3 Å². The zero-order valence-corrected chi connectivity index (χ0v) is 21.8. The van der Waals surface area contributed by atoms with E-state index in [-0.39, 0.29) is 40.2 Å². The Labute approximate surface area is 221 Å². The van der Waals surface area contributed by atoms with Crippen LogP contribution in [-0.2, 0) is 21.3 Å². The van der Waals surface area contributed by atoms with E-state index in [1.54, 1.807) is 36.4 Å². The van der Waals surface area contributed by atoms with Crippen LogP contribution in [-0.4, -0.2) is 29.7 Å². The molecule has 2 N–H and O–H groups in total. The van der Waals surface area contributed by atoms with Crippen molar-refractivity contribution in [3.63, 3.8) is 0 Å². The van der Waals surface area contributed by atoms with Gasteiger partial charge in [-0.15, -0.1) is 0 Å². The van der Waals surface area contributed by atoms with Crippen molar-refractivity contribution >= 4 is 21.5 Å². The molecule has 5 rings (SSSR count). The summed E-state index contributed by atoms with van der Waals surface area (Å²) >= 11 is 0. The topological polar surface area (TPSA) is 124 Å². The van der Waals surface area contributed by atoms with Crippen molar-refractivity contribution in [2.75, 3.05) is 25.6 Å². The van der Waals surface area contributed by atoms with E-state index in [0.29, 0.717) is 22.6 Å². The van der Waals surface area contributed by atoms with Crippen LogP contribution in [0.15, 0.2) is 83.1 Å². The molecule has 2 aliphatic rings. The first-order chi connectivity index (χ1) is 18.4. The van der Waals surface area contributed by atoms with Gasteiger partial charge >= 0.3 is 0 Å². The highest BCUT2D eigenvalue weighted by atomic mass is 32.2. The molecule has 194 valence electrons. The highest BCUT2D eigenvalue weighted by Crippen LogP contribution is 2.54. The maximum Gasteiger partial charge on any atom is 0.265 e. The number of methoxy groups -OCH3 is 3. The summed E-state index contributed by atoms with van der Waals surface area (Å²) in [6, 6.07) is 21.6. The Morgan fingerprint density at radius 2 is 1.63 bits per heavy atom. The van der Waals surface area contributed by atoms with Crippen molar-refractivity contribution < 1.29 is 27.4 Å². The molecule has 0 aliphatic carbocycles. The second-order valence-corrected chi connectivity index (χ2v) is 10.4. The number of benzene rings is 3. The molecule has 0 bridgehead atoms. The van der Waals surface area contributed by atoms with Gasteiger partial charge in [-0.25, -0.2) is 8.42 Å². The second kappa shape index (κ2) is 9.68. The number of sulfonamides is 1. The summed E-state index contributed by atoms with van der Waals surface area (Å²) < 4.78 is 52.8. The number of nitriles is 1. The minimum absolute atomic E-state index is 0.0584. The molecule has 1 atom stereocenters. The van der Waals surface area contributed by atoms with Crippen LogP contribution in [0.4, 0.5) is 5.69 Å². The van der Waals surface area contributed by atoms with Crippen LogP contribution in [0.5, 0.6) is 17.2 Å².